The summed E-state index contributed by atoms with van der Waals surface area (Å²) in [5, 5.41) is 4.50. The van der Waals surface area contributed by atoms with Gasteiger partial charge in [0.1, 0.15) is 5.75 Å². The second-order valence-electron chi connectivity index (χ2n) is 6.02. The maximum Gasteiger partial charge on any atom is 0.123 e. The highest BCUT2D eigenvalue weighted by atomic mass is 35.5. The van der Waals surface area contributed by atoms with E-state index in [1.807, 2.05) is 18.2 Å². The second kappa shape index (κ2) is 9.32. The highest BCUT2D eigenvalue weighted by Crippen LogP contribution is 2.24. The maximum absolute atomic E-state index is 6.14. The second-order valence-corrected chi connectivity index (χ2v) is 6.46. The predicted octanol–water partition coefficient (Wildman–Crippen LogP) is 5.33. The first-order chi connectivity index (χ1) is 10.3. The minimum Gasteiger partial charge on any atom is -0.493 e. The van der Waals surface area contributed by atoms with E-state index in [2.05, 4.69) is 12.2 Å². The third-order valence-electron chi connectivity index (χ3n) is 4.17. The van der Waals surface area contributed by atoms with Crippen molar-refractivity contribution in [3.05, 3.63) is 28.8 Å². The van der Waals surface area contributed by atoms with E-state index >= 15 is 0 Å². The van der Waals surface area contributed by atoms with Gasteiger partial charge in [-0.3, -0.25) is 0 Å². The lowest BCUT2D eigenvalue weighted by molar-refractivity contribution is 0.311. The number of ether oxygens (including phenoxy) is 1. The Bertz CT molecular complexity index is 414. The van der Waals surface area contributed by atoms with Crippen LogP contribution in [0.1, 0.15) is 63.9 Å². The maximum atomic E-state index is 6.14. The fourth-order valence-electron chi connectivity index (χ4n) is 2.95. The average molecular weight is 310 g/mol. The van der Waals surface area contributed by atoms with Crippen molar-refractivity contribution in [3.63, 3.8) is 0 Å². The van der Waals surface area contributed by atoms with Gasteiger partial charge in [-0.1, -0.05) is 50.6 Å². The van der Waals surface area contributed by atoms with E-state index in [-0.39, 0.29) is 0 Å². The van der Waals surface area contributed by atoms with E-state index < -0.39 is 0 Å². The van der Waals surface area contributed by atoms with E-state index in [1.54, 1.807) is 0 Å². The van der Waals surface area contributed by atoms with Crippen molar-refractivity contribution in [1.29, 1.82) is 0 Å². The number of nitrogens with one attached hydrogen (secondary N) is 1. The molecule has 2 nitrogen and oxygen atoms in total. The third kappa shape index (κ3) is 5.88. The van der Waals surface area contributed by atoms with E-state index in [0.717, 1.165) is 30.3 Å². The average Bonchev–Trinajstić information content (AvgIpc) is 2.45. The summed E-state index contributed by atoms with van der Waals surface area (Å²) >= 11 is 6.14. The van der Waals surface area contributed by atoms with Gasteiger partial charge < -0.3 is 10.1 Å². The summed E-state index contributed by atoms with van der Waals surface area (Å²) in [5.74, 6) is 0.972. The molecule has 1 aromatic carbocycles. The summed E-state index contributed by atoms with van der Waals surface area (Å²) in [6, 6.07) is 6.57. The van der Waals surface area contributed by atoms with Gasteiger partial charge in [0, 0.05) is 23.2 Å². The molecule has 1 aliphatic carbocycles. The van der Waals surface area contributed by atoms with Gasteiger partial charge in [0.15, 0.2) is 0 Å². The fourth-order valence-corrected chi connectivity index (χ4v) is 3.15. The lowest BCUT2D eigenvalue weighted by Crippen LogP contribution is -2.29. The Morgan fingerprint density at radius 2 is 1.86 bits per heavy atom. The smallest absolute Gasteiger partial charge is 0.123 e. The van der Waals surface area contributed by atoms with Crippen molar-refractivity contribution < 1.29 is 4.74 Å². The molecule has 1 saturated carbocycles. The molecule has 0 aliphatic heterocycles. The lowest BCUT2D eigenvalue weighted by atomic mass is 9.96. The van der Waals surface area contributed by atoms with Crippen LogP contribution in [-0.4, -0.2) is 12.6 Å². The molecule has 0 saturated heterocycles. The van der Waals surface area contributed by atoms with Gasteiger partial charge in [-0.25, -0.2) is 0 Å². The normalized spacial score (nSPS) is 17.2. The van der Waals surface area contributed by atoms with Crippen LogP contribution in [0, 0.1) is 0 Å². The van der Waals surface area contributed by atoms with E-state index in [4.69, 9.17) is 16.3 Å². The van der Waals surface area contributed by atoms with Crippen LogP contribution in [0.2, 0.25) is 5.02 Å². The van der Waals surface area contributed by atoms with Crippen molar-refractivity contribution in [2.45, 2.75) is 70.9 Å². The summed E-state index contributed by atoms with van der Waals surface area (Å²) in [6.45, 7) is 3.74. The van der Waals surface area contributed by atoms with Gasteiger partial charge in [0.2, 0.25) is 0 Å². The first-order valence-corrected chi connectivity index (χ1v) is 8.82. The van der Waals surface area contributed by atoms with Crippen molar-refractivity contribution in [2.75, 3.05) is 6.61 Å². The van der Waals surface area contributed by atoms with Crippen LogP contribution >= 0.6 is 11.6 Å². The van der Waals surface area contributed by atoms with Crippen molar-refractivity contribution >= 4 is 11.6 Å². The summed E-state index contributed by atoms with van der Waals surface area (Å²) < 4.78 is 5.83. The molecule has 0 spiro atoms. The Balaban J connectivity index is 1.92. The zero-order valence-electron chi connectivity index (χ0n) is 13.2. The van der Waals surface area contributed by atoms with Crippen LogP contribution in [0.3, 0.4) is 0 Å². The number of halogens is 1. The minimum atomic E-state index is 0.642. The van der Waals surface area contributed by atoms with Gasteiger partial charge in [0.05, 0.1) is 6.61 Å². The highest BCUT2D eigenvalue weighted by Gasteiger charge is 2.12. The van der Waals surface area contributed by atoms with E-state index in [1.165, 1.54) is 50.5 Å². The van der Waals surface area contributed by atoms with Crippen LogP contribution in [0.5, 0.6) is 5.75 Å². The molecule has 0 atom stereocenters. The van der Waals surface area contributed by atoms with Crippen LogP contribution in [0.4, 0.5) is 0 Å². The van der Waals surface area contributed by atoms with Crippen molar-refractivity contribution in [3.8, 4) is 5.75 Å². The zero-order chi connectivity index (χ0) is 14.9. The molecule has 3 heteroatoms. The molecule has 1 fully saturated rings. The molecule has 1 aliphatic rings. The third-order valence-corrected chi connectivity index (χ3v) is 4.41. The Kier molecular flexibility index (Phi) is 7.38. The molecule has 118 valence electrons. The zero-order valence-corrected chi connectivity index (χ0v) is 13.9. The number of rotatable bonds is 6. The van der Waals surface area contributed by atoms with Crippen LogP contribution in [0.25, 0.3) is 0 Å². The lowest BCUT2D eigenvalue weighted by Gasteiger charge is -2.22. The van der Waals surface area contributed by atoms with Crippen molar-refractivity contribution in [2.24, 2.45) is 0 Å². The molecule has 21 heavy (non-hydrogen) atoms. The highest BCUT2D eigenvalue weighted by molar-refractivity contribution is 6.30. The molecular weight excluding hydrogens is 282 g/mol. The monoisotopic (exact) mass is 309 g/mol. The van der Waals surface area contributed by atoms with E-state index in [0.29, 0.717) is 6.04 Å². The molecule has 1 aromatic rings. The number of hydrogen-bond acceptors (Lipinski definition) is 2. The Hall–Kier alpha value is -0.730. The van der Waals surface area contributed by atoms with Crippen molar-refractivity contribution in [1.82, 2.24) is 5.32 Å². The number of benzene rings is 1. The first kappa shape index (κ1) is 16.6. The van der Waals surface area contributed by atoms with Gasteiger partial charge >= 0.3 is 0 Å². The molecule has 1 N–H and O–H groups in total. The van der Waals surface area contributed by atoms with Gasteiger partial charge in [-0.15, -0.1) is 0 Å². The molecule has 0 aromatic heterocycles. The van der Waals surface area contributed by atoms with E-state index in [9.17, 15) is 0 Å². The Morgan fingerprint density at radius 3 is 2.57 bits per heavy atom. The standard InChI is InChI=1S/C18H28ClNO/c1-2-12-21-18-11-10-16(19)13-15(18)14-20-17-8-6-4-3-5-7-9-17/h10-11,13,17,20H,2-9,12,14H2,1H3. The minimum absolute atomic E-state index is 0.642. The summed E-state index contributed by atoms with van der Waals surface area (Å²) in [4.78, 5) is 0. The quantitative estimate of drug-likeness (QED) is 0.766. The molecule has 0 radical (unpaired) electrons. The molecule has 0 bridgehead atoms. The van der Waals surface area contributed by atoms with Crippen LogP contribution in [0.15, 0.2) is 18.2 Å². The molecule has 2 rings (SSSR count). The molecule has 0 unspecified atom stereocenters. The van der Waals surface area contributed by atoms with Crippen LogP contribution in [-0.2, 0) is 6.54 Å². The number of hydrogen-bond donors (Lipinski definition) is 1. The van der Waals surface area contributed by atoms with Crippen LogP contribution < -0.4 is 10.1 Å². The van der Waals surface area contributed by atoms with Gasteiger partial charge in [-0.05, 0) is 37.5 Å². The van der Waals surface area contributed by atoms with Gasteiger partial charge in [0.25, 0.3) is 0 Å². The molecule has 0 amide bonds. The SMILES string of the molecule is CCCOc1ccc(Cl)cc1CNC1CCCCCCC1. The summed E-state index contributed by atoms with van der Waals surface area (Å²) in [7, 11) is 0. The first-order valence-electron chi connectivity index (χ1n) is 8.44. The molecular formula is C18H28ClNO. The predicted molar refractivity (Wildman–Crippen MR) is 90.2 cm³/mol. The Morgan fingerprint density at radius 1 is 1.14 bits per heavy atom. The summed E-state index contributed by atoms with van der Waals surface area (Å²) in [5.41, 5.74) is 1.18. The molecule has 0 heterocycles. The largest absolute Gasteiger partial charge is 0.493 e. The summed E-state index contributed by atoms with van der Waals surface area (Å²) in [6.07, 6.45) is 10.5. The fraction of sp³-hybridized carbons (Fsp3) is 0.667. The Labute approximate surface area is 134 Å². The van der Waals surface area contributed by atoms with Gasteiger partial charge in [-0.2, -0.15) is 0 Å². The topological polar surface area (TPSA) is 21.3 Å².